The fourth-order valence-electron chi connectivity index (χ4n) is 2.94. The molecule has 6 nitrogen and oxygen atoms in total. The zero-order chi connectivity index (χ0) is 15.9. The highest BCUT2D eigenvalue weighted by atomic mass is 16.8. The van der Waals surface area contributed by atoms with Gasteiger partial charge in [-0.15, -0.1) is 0 Å². The van der Waals surface area contributed by atoms with Crippen LogP contribution in [0, 0.1) is 11.3 Å². The molecule has 2 heterocycles. The van der Waals surface area contributed by atoms with Gasteiger partial charge < -0.3 is 19.1 Å². The molecule has 0 aliphatic carbocycles. The number of benzene rings is 1. The molecule has 0 N–H and O–H groups in total. The molecular weight excluding hydrogens is 284 g/mol. The van der Waals surface area contributed by atoms with Crippen molar-refractivity contribution in [2.24, 2.45) is 0 Å². The number of ether oxygens (including phenoxy) is 3. The third-order valence-corrected chi connectivity index (χ3v) is 3.95. The Hall–Kier alpha value is -2.10. The molecule has 0 spiro atoms. The number of hydrogen-bond acceptors (Lipinski definition) is 5. The number of amides is 1. The Kier molecular flexibility index (Phi) is 3.55. The zero-order valence-corrected chi connectivity index (χ0v) is 12.8. The Balaban J connectivity index is 1.79. The van der Waals surface area contributed by atoms with Gasteiger partial charge in [0.2, 0.25) is 0 Å². The van der Waals surface area contributed by atoms with E-state index in [0.29, 0.717) is 6.54 Å². The van der Waals surface area contributed by atoms with Crippen molar-refractivity contribution < 1.29 is 19.0 Å². The number of hydrogen-bond donors (Lipinski definition) is 0. The third kappa shape index (κ3) is 2.43. The monoisotopic (exact) mass is 302 g/mol. The predicted molar refractivity (Wildman–Crippen MR) is 76.8 cm³/mol. The van der Waals surface area contributed by atoms with E-state index < -0.39 is 24.0 Å². The highest BCUT2D eigenvalue weighted by Crippen LogP contribution is 2.38. The van der Waals surface area contributed by atoms with Gasteiger partial charge in [0, 0.05) is 6.54 Å². The zero-order valence-electron chi connectivity index (χ0n) is 12.8. The topological polar surface area (TPSA) is 71.8 Å². The summed E-state index contributed by atoms with van der Waals surface area (Å²) in [5.74, 6) is -0.275. The van der Waals surface area contributed by atoms with Crippen LogP contribution in [0.25, 0.3) is 0 Å². The highest BCUT2D eigenvalue weighted by Gasteiger charge is 2.57. The van der Waals surface area contributed by atoms with Gasteiger partial charge in [-0.05, 0) is 31.5 Å². The summed E-state index contributed by atoms with van der Waals surface area (Å²) in [6.07, 6.45) is -1.23. The van der Waals surface area contributed by atoms with Gasteiger partial charge in [0.15, 0.2) is 11.9 Å². The van der Waals surface area contributed by atoms with Crippen LogP contribution in [-0.2, 0) is 20.8 Å². The molecule has 3 atom stereocenters. The van der Waals surface area contributed by atoms with Gasteiger partial charge >= 0.3 is 0 Å². The lowest BCUT2D eigenvalue weighted by Gasteiger charge is -2.26. The SMILES string of the molecule is COc1ccc(CN2C(=O)[C@H]3OC(C)(C)O[C@H]3[C@H]2C#N)cc1. The maximum Gasteiger partial charge on any atom is 0.256 e. The second kappa shape index (κ2) is 5.27. The molecule has 0 unspecified atom stereocenters. The number of methoxy groups -OCH3 is 1. The Morgan fingerprint density at radius 2 is 2.00 bits per heavy atom. The molecule has 0 bridgehead atoms. The first-order valence-electron chi connectivity index (χ1n) is 7.14. The first kappa shape index (κ1) is 14.8. The van der Waals surface area contributed by atoms with Crippen LogP contribution in [0.2, 0.25) is 0 Å². The van der Waals surface area contributed by atoms with Crippen molar-refractivity contribution >= 4 is 5.91 Å². The van der Waals surface area contributed by atoms with Gasteiger partial charge in [0.25, 0.3) is 5.91 Å². The lowest BCUT2D eigenvalue weighted by atomic mass is 10.1. The van der Waals surface area contributed by atoms with E-state index in [1.54, 1.807) is 21.0 Å². The average molecular weight is 302 g/mol. The Bertz CT molecular complexity index is 620. The molecule has 1 amide bonds. The standard InChI is InChI=1S/C16H18N2O4/c1-16(2)21-13-12(8-17)18(15(19)14(13)22-16)9-10-4-6-11(20-3)7-5-10/h4-7,12-14H,9H2,1-3H3/t12-,13+,14+/m1/s1. The van der Waals surface area contributed by atoms with Crippen LogP contribution in [0.3, 0.4) is 0 Å². The minimum atomic E-state index is -0.827. The number of fused-ring (bicyclic) bond motifs is 1. The molecule has 0 aromatic heterocycles. The lowest BCUT2D eigenvalue weighted by molar-refractivity contribution is -0.171. The Morgan fingerprint density at radius 3 is 2.59 bits per heavy atom. The largest absolute Gasteiger partial charge is 0.497 e. The quantitative estimate of drug-likeness (QED) is 0.845. The first-order valence-corrected chi connectivity index (χ1v) is 7.14. The fourth-order valence-corrected chi connectivity index (χ4v) is 2.94. The van der Waals surface area contributed by atoms with Gasteiger partial charge in [-0.25, -0.2) is 0 Å². The van der Waals surface area contributed by atoms with Crippen molar-refractivity contribution in [1.29, 1.82) is 5.26 Å². The summed E-state index contributed by atoms with van der Waals surface area (Å²) >= 11 is 0. The summed E-state index contributed by atoms with van der Waals surface area (Å²) in [5.41, 5.74) is 0.925. The van der Waals surface area contributed by atoms with Crippen molar-refractivity contribution in [3.8, 4) is 11.8 Å². The van der Waals surface area contributed by atoms with E-state index in [1.807, 2.05) is 24.3 Å². The summed E-state index contributed by atoms with van der Waals surface area (Å²) < 4.78 is 16.5. The lowest BCUT2D eigenvalue weighted by Crippen LogP contribution is -2.39. The van der Waals surface area contributed by atoms with E-state index in [4.69, 9.17) is 14.2 Å². The van der Waals surface area contributed by atoms with Crippen LogP contribution in [0.5, 0.6) is 5.75 Å². The molecule has 2 aliphatic heterocycles. The van der Waals surface area contributed by atoms with Crippen molar-refractivity contribution in [1.82, 2.24) is 4.90 Å². The molecule has 3 rings (SSSR count). The number of rotatable bonds is 3. The van der Waals surface area contributed by atoms with Gasteiger partial charge in [-0.3, -0.25) is 4.79 Å². The van der Waals surface area contributed by atoms with Crippen LogP contribution >= 0.6 is 0 Å². The number of carbonyl (C=O) groups is 1. The van der Waals surface area contributed by atoms with Crippen LogP contribution in [0.1, 0.15) is 19.4 Å². The van der Waals surface area contributed by atoms with E-state index >= 15 is 0 Å². The third-order valence-electron chi connectivity index (χ3n) is 3.95. The van der Waals surface area contributed by atoms with Crippen molar-refractivity contribution in [3.63, 3.8) is 0 Å². The molecule has 1 aromatic rings. The fraction of sp³-hybridized carbons (Fsp3) is 0.500. The van der Waals surface area contributed by atoms with Gasteiger partial charge in [-0.1, -0.05) is 12.1 Å². The van der Waals surface area contributed by atoms with Crippen LogP contribution in [0.4, 0.5) is 0 Å². The number of likely N-dealkylation sites (tertiary alicyclic amines) is 1. The Morgan fingerprint density at radius 1 is 1.32 bits per heavy atom. The highest BCUT2D eigenvalue weighted by molar-refractivity contribution is 5.85. The molecule has 0 saturated carbocycles. The van der Waals surface area contributed by atoms with E-state index in [-0.39, 0.29) is 5.91 Å². The summed E-state index contributed by atoms with van der Waals surface area (Å²) in [6, 6.07) is 8.94. The van der Waals surface area contributed by atoms with Crippen molar-refractivity contribution in [3.05, 3.63) is 29.8 Å². The van der Waals surface area contributed by atoms with Crippen molar-refractivity contribution in [2.75, 3.05) is 7.11 Å². The normalized spacial score (nSPS) is 29.3. The van der Waals surface area contributed by atoms with E-state index in [1.165, 1.54) is 4.90 Å². The maximum atomic E-state index is 12.5. The molecule has 2 saturated heterocycles. The molecule has 0 radical (unpaired) electrons. The molecule has 116 valence electrons. The van der Waals surface area contributed by atoms with E-state index in [9.17, 15) is 10.1 Å². The second-order valence-electron chi connectivity index (χ2n) is 5.91. The first-order chi connectivity index (χ1) is 10.4. The molecule has 22 heavy (non-hydrogen) atoms. The Labute approximate surface area is 129 Å². The van der Waals surface area contributed by atoms with Crippen LogP contribution in [-0.4, -0.2) is 42.0 Å². The van der Waals surface area contributed by atoms with Gasteiger partial charge in [0.1, 0.15) is 17.9 Å². The molecule has 2 fully saturated rings. The minimum Gasteiger partial charge on any atom is -0.497 e. The number of carbonyl (C=O) groups excluding carboxylic acids is 1. The number of nitriles is 1. The van der Waals surface area contributed by atoms with E-state index in [0.717, 1.165) is 11.3 Å². The molecule has 2 aliphatic rings. The number of nitrogens with zero attached hydrogens (tertiary/aromatic N) is 2. The van der Waals surface area contributed by atoms with Gasteiger partial charge in [-0.2, -0.15) is 5.26 Å². The average Bonchev–Trinajstić information content (AvgIpc) is 2.93. The molecule has 1 aromatic carbocycles. The molecule has 6 heteroatoms. The summed E-state index contributed by atoms with van der Waals surface area (Å²) in [4.78, 5) is 14.0. The summed E-state index contributed by atoms with van der Waals surface area (Å²) in [5, 5.41) is 9.43. The maximum absolute atomic E-state index is 12.5. The van der Waals surface area contributed by atoms with Crippen LogP contribution in [0.15, 0.2) is 24.3 Å². The van der Waals surface area contributed by atoms with Crippen molar-refractivity contribution in [2.45, 2.75) is 44.4 Å². The predicted octanol–water partition coefficient (Wildman–Crippen LogP) is 1.45. The van der Waals surface area contributed by atoms with E-state index in [2.05, 4.69) is 6.07 Å². The second-order valence-corrected chi connectivity index (χ2v) is 5.91. The van der Waals surface area contributed by atoms with Gasteiger partial charge in [0.05, 0.1) is 13.2 Å². The minimum absolute atomic E-state index is 0.196. The molecular formula is C16H18N2O4. The summed E-state index contributed by atoms with van der Waals surface area (Å²) in [7, 11) is 1.60. The van der Waals surface area contributed by atoms with Crippen LogP contribution < -0.4 is 4.74 Å². The summed E-state index contributed by atoms with van der Waals surface area (Å²) in [6.45, 7) is 3.85. The smallest absolute Gasteiger partial charge is 0.256 e.